The van der Waals surface area contributed by atoms with E-state index in [9.17, 15) is 15.0 Å². The highest BCUT2D eigenvalue weighted by Gasteiger charge is 2.18. The second kappa shape index (κ2) is 76.1. The monoisotopic (exact) mass is 1180 g/mol. The van der Waals surface area contributed by atoms with Gasteiger partial charge in [0, 0.05) is 6.42 Å². The number of amides is 1. The molecule has 4 heteroatoms. The number of hydrogen-bond acceptors (Lipinski definition) is 3. The molecule has 0 bridgehead atoms. The van der Waals surface area contributed by atoms with Crippen molar-refractivity contribution >= 4 is 5.91 Å². The molecule has 0 aromatic rings. The lowest BCUT2D eigenvalue weighted by atomic mass is 10.0. The Bertz CT molecular complexity index is 1250. The highest BCUT2D eigenvalue weighted by atomic mass is 16.3. The van der Waals surface area contributed by atoms with Crippen LogP contribution in [0.5, 0.6) is 0 Å². The van der Waals surface area contributed by atoms with E-state index in [0.29, 0.717) is 6.42 Å². The quantitative estimate of drug-likeness (QED) is 0.0420. The molecular formula is C80H157NO3. The lowest BCUT2D eigenvalue weighted by molar-refractivity contribution is -0.123. The van der Waals surface area contributed by atoms with Gasteiger partial charge in [-0.25, -0.2) is 0 Å². The smallest absolute Gasteiger partial charge is 0.220 e. The van der Waals surface area contributed by atoms with E-state index in [0.717, 1.165) is 32.1 Å². The molecule has 0 rings (SSSR count). The lowest BCUT2D eigenvalue weighted by Gasteiger charge is -2.19. The van der Waals surface area contributed by atoms with Crippen LogP contribution in [-0.4, -0.2) is 34.9 Å². The third kappa shape index (κ3) is 71.6. The zero-order valence-corrected chi connectivity index (χ0v) is 58.0. The highest BCUT2D eigenvalue weighted by Crippen LogP contribution is 2.21. The maximum atomic E-state index is 12.6. The summed E-state index contributed by atoms with van der Waals surface area (Å²) >= 11 is 0. The van der Waals surface area contributed by atoms with Crippen molar-refractivity contribution in [3.05, 3.63) is 24.3 Å². The molecule has 1 amide bonds. The van der Waals surface area contributed by atoms with Crippen LogP contribution in [0.2, 0.25) is 0 Å². The Hall–Kier alpha value is -1.13. The summed E-state index contributed by atoms with van der Waals surface area (Å²) in [4.78, 5) is 12.6. The van der Waals surface area contributed by atoms with Crippen LogP contribution in [0, 0.1) is 0 Å². The normalized spacial score (nSPS) is 12.7. The van der Waals surface area contributed by atoms with Gasteiger partial charge in [-0.2, -0.15) is 0 Å². The minimum Gasteiger partial charge on any atom is -0.394 e. The Morgan fingerprint density at radius 1 is 0.274 bits per heavy atom. The minimum atomic E-state index is -0.862. The number of nitrogens with one attached hydrogen (secondary N) is 1. The van der Waals surface area contributed by atoms with Gasteiger partial charge in [-0.05, 0) is 32.1 Å². The van der Waals surface area contributed by atoms with Crippen LogP contribution in [0.4, 0.5) is 0 Å². The number of carbonyl (C=O) groups excluding carboxylic acids is 1. The first-order valence-corrected chi connectivity index (χ1v) is 39.6. The van der Waals surface area contributed by atoms with E-state index in [1.807, 2.05) is 6.08 Å². The van der Waals surface area contributed by atoms with Crippen LogP contribution >= 0.6 is 0 Å². The molecule has 0 saturated heterocycles. The van der Waals surface area contributed by atoms with Crippen molar-refractivity contribution in [2.45, 2.75) is 475 Å². The molecule has 0 spiro atoms. The van der Waals surface area contributed by atoms with Crippen molar-refractivity contribution < 1.29 is 15.0 Å². The van der Waals surface area contributed by atoms with Gasteiger partial charge in [-0.1, -0.05) is 449 Å². The van der Waals surface area contributed by atoms with Gasteiger partial charge in [0.15, 0.2) is 0 Å². The number of unbranched alkanes of at least 4 members (excludes halogenated alkanes) is 66. The maximum Gasteiger partial charge on any atom is 0.220 e. The Morgan fingerprint density at radius 3 is 0.690 bits per heavy atom. The SMILES string of the molecule is CCCCCCCCCCCCCCCCCCCCCCCCCCCCC/C=C/CC/C=C/C(O)C(CO)NC(=O)CCCCCCCCCCCCCCCCCCCCCCCCCCCCCCCCCCCCCCCCC. The minimum absolute atomic E-state index is 0.0628. The molecule has 0 heterocycles. The fourth-order valence-corrected chi connectivity index (χ4v) is 13.0. The van der Waals surface area contributed by atoms with E-state index in [1.165, 1.54) is 411 Å². The van der Waals surface area contributed by atoms with Gasteiger partial charge < -0.3 is 15.5 Å². The van der Waals surface area contributed by atoms with Crippen LogP contribution < -0.4 is 5.32 Å². The molecule has 84 heavy (non-hydrogen) atoms. The van der Waals surface area contributed by atoms with Crippen LogP contribution in [0.3, 0.4) is 0 Å². The number of carbonyl (C=O) groups is 1. The summed E-state index contributed by atoms with van der Waals surface area (Å²) in [6.07, 6.45) is 105. The topological polar surface area (TPSA) is 69.6 Å². The summed E-state index contributed by atoms with van der Waals surface area (Å²) in [5.74, 6) is -0.0628. The summed E-state index contributed by atoms with van der Waals surface area (Å²) in [7, 11) is 0. The van der Waals surface area contributed by atoms with Crippen molar-refractivity contribution in [3.8, 4) is 0 Å². The van der Waals surface area contributed by atoms with E-state index in [2.05, 4.69) is 31.3 Å². The molecule has 0 aromatic carbocycles. The predicted molar refractivity (Wildman–Crippen MR) is 378 cm³/mol. The first-order valence-electron chi connectivity index (χ1n) is 39.6. The van der Waals surface area contributed by atoms with Gasteiger partial charge in [0.1, 0.15) is 0 Å². The number of allylic oxidation sites excluding steroid dienone is 3. The van der Waals surface area contributed by atoms with Crippen LogP contribution in [0.1, 0.15) is 463 Å². The summed E-state index contributed by atoms with van der Waals surface area (Å²) in [6.45, 7) is 4.36. The van der Waals surface area contributed by atoms with Gasteiger partial charge in [-0.3, -0.25) is 4.79 Å². The average molecular weight is 1180 g/mol. The first kappa shape index (κ1) is 82.9. The predicted octanol–water partition coefficient (Wildman–Crippen LogP) is 27.3. The van der Waals surface area contributed by atoms with Crippen molar-refractivity contribution in [2.75, 3.05) is 6.61 Å². The number of aliphatic hydroxyl groups is 2. The van der Waals surface area contributed by atoms with E-state index in [1.54, 1.807) is 6.08 Å². The van der Waals surface area contributed by atoms with E-state index in [4.69, 9.17) is 0 Å². The number of aliphatic hydroxyl groups excluding tert-OH is 2. The van der Waals surface area contributed by atoms with E-state index >= 15 is 0 Å². The summed E-state index contributed by atoms with van der Waals surface area (Å²) < 4.78 is 0. The van der Waals surface area contributed by atoms with Crippen molar-refractivity contribution in [1.29, 1.82) is 0 Å². The summed E-state index contributed by atoms with van der Waals surface area (Å²) in [5.41, 5.74) is 0. The fraction of sp³-hybridized carbons (Fsp3) is 0.938. The second-order valence-electron chi connectivity index (χ2n) is 27.5. The van der Waals surface area contributed by atoms with Crippen molar-refractivity contribution in [3.63, 3.8) is 0 Å². The number of rotatable bonds is 75. The van der Waals surface area contributed by atoms with E-state index < -0.39 is 12.1 Å². The first-order chi connectivity index (χ1) is 41.7. The molecule has 2 atom stereocenters. The largest absolute Gasteiger partial charge is 0.394 e. The lowest BCUT2D eigenvalue weighted by Crippen LogP contribution is -2.45. The van der Waals surface area contributed by atoms with Crippen molar-refractivity contribution in [1.82, 2.24) is 5.32 Å². The maximum absolute atomic E-state index is 12.6. The molecule has 2 unspecified atom stereocenters. The van der Waals surface area contributed by atoms with Crippen LogP contribution in [0.15, 0.2) is 24.3 Å². The Balaban J connectivity index is 3.39. The van der Waals surface area contributed by atoms with Crippen molar-refractivity contribution in [2.24, 2.45) is 0 Å². The zero-order valence-electron chi connectivity index (χ0n) is 58.0. The third-order valence-electron chi connectivity index (χ3n) is 18.9. The van der Waals surface area contributed by atoms with Gasteiger partial charge in [0.2, 0.25) is 5.91 Å². The number of hydrogen-bond donors (Lipinski definition) is 3. The van der Waals surface area contributed by atoms with Crippen LogP contribution in [-0.2, 0) is 4.79 Å². The molecular weight excluding hydrogens is 1020 g/mol. The van der Waals surface area contributed by atoms with E-state index in [-0.39, 0.29) is 12.5 Å². The average Bonchev–Trinajstić information content (AvgIpc) is 3.51. The zero-order chi connectivity index (χ0) is 60.5. The second-order valence-corrected chi connectivity index (χ2v) is 27.5. The molecule has 0 aromatic heterocycles. The molecule has 0 saturated carbocycles. The molecule has 0 aliphatic heterocycles. The van der Waals surface area contributed by atoms with Gasteiger partial charge in [0.05, 0.1) is 18.8 Å². The van der Waals surface area contributed by atoms with Gasteiger partial charge in [0.25, 0.3) is 0 Å². The Kier molecular flexibility index (Phi) is 75.1. The Morgan fingerprint density at radius 2 is 0.464 bits per heavy atom. The molecule has 0 aliphatic rings. The summed E-state index contributed by atoms with van der Waals surface area (Å²) in [6, 6.07) is -0.639. The molecule has 4 nitrogen and oxygen atoms in total. The molecule has 0 aliphatic carbocycles. The van der Waals surface area contributed by atoms with Gasteiger partial charge in [-0.15, -0.1) is 0 Å². The third-order valence-corrected chi connectivity index (χ3v) is 18.9. The Labute approximate surface area is 529 Å². The standard InChI is InChI=1S/C80H157NO3/c1-3-5-7-9-11-13-15-17-19-21-23-25-27-29-31-33-35-37-38-39-40-41-42-44-46-48-50-52-54-56-58-60-62-64-66-68-70-72-74-76-80(84)81-78(77-82)79(83)75-73-71-69-67-65-63-61-59-57-55-53-51-49-47-45-43-36-34-32-30-28-26-24-22-20-18-16-14-12-10-8-6-4-2/h65,67,73,75,78-79,82-83H,3-64,66,68-72,74,76-77H2,1-2H3,(H,81,84)/b67-65+,75-73+. The fourth-order valence-electron chi connectivity index (χ4n) is 13.0. The highest BCUT2D eigenvalue weighted by molar-refractivity contribution is 5.76. The molecule has 3 N–H and O–H groups in total. The molecule has 0 fully saturated rings. The van der Waals surface area contributed by atoms with Gasteiger partial charge >= 0.3 is 0 Å². The molecule has 0 radical (unpaired) electrons. The van der Waals surface area contributed by atoms with Crippen LogP contribution in [0.25, 0.3) is 0 Å². The summed E-state index contributed by atoms with van der Waals surface area (Å²) in [5, 5.41) is 23.3. The molecule has 500 valence electrons.